The minimum Gasteiger partial charge on any atom is -0.385 e. The van der Waals surface area contributed by atoms with Gasteiger partial charge in [0.1, 0.15) is 0 Å². The van der Waals surface area contributed by atoms with Crippen molar-refractivity contribution in [3.05, 3.63) is 0 Å². The van der Waals surface area contributed by atoms with Gasteiger partial charge in [0, 0.05) is 32.3 Å². The Labute approximate surface area is 87.2 Å². The molecule has 1 saturated heterocycles. The number of rotatable bonds is 6. The van der Waals surface area contributed by atoms with Crippen molar-refractivity contribution in [3.8, 4) is 0 Å². The van der Waals surface area contributed by atoms with E-state index in [9.17, 15) is 0 Å². The highest BCUT2D eigenvalue weighted by Crippen LogP contribution is 2.31. The molecule has 1 fully saturated rings. The monoisotopic (exact) mass is 201 g/mol. The fraction of sp³-hybridized carbons (Fsp3) is 1.00. The first-order chi connectivity index (χ1) is 6.83. The van der Waals surface area contributed by atoms with E-state index in [1.165, 1.54) is 12.8 Å². The van der Waals surface area contributed by atoms with Crippen LogP contribution >= 0.6 is 0 Å². The molecule has 0 bridgehead atoms. The van der Waals surface area contributed by atoms with Gasteiger partial charge in [-0.1, -0.05) is 6.92 Å². The van der Waals surface area contributed by atoms with E-state index < -0.39 is 0 Å². The molecule has 3 heteroatoms. The van der Waals surface area contributed by atoms with E-state index in [1.807, 2.05) is 0 Å². The second-order valence-electron chi connectivity index (χ2n) is 4.18. The molecule has 0 amide bonds. The fourth-order valence-electron chi connectivity index (χ4n) is 2.04. The van der Waals surface area contributed by atoms with Crippen LogP contribution in [0.5, 0.6) is 0 Å². The second-order valence-corrected chi connectivity index (χ2v) is 4.18. The smallest absolute Gasteiger partial charge is 0.0535 e. The Bertz CT molecular complexity index is 134. The second kappa shape index (κ2) is 6.38. The molecule has 1 heterocycles. The molecule has 1 aliphatic rings. The average Bonchev–Trinajstić information content (AvgIpc) is 2.25. The molecule has 0 aliphatic carbocycles. The molecule has 84 valence electrons. The van der Waals surface area contributed by atoms with Gasteiger partial charge in [-0.15, -0.1) is 0 Å². The molecule has 1 atom stereocenters. The fourth-order valence-corrected chi connectivity index (χ4v) is 2.04. The van der Waals surface area contributed by atoms with Crippen molar-refractivity contribution in [2.24, 2.45) is 5.41 Å². The van der Waals surface area contributed by atoms with Crippen LogP contribution in [0.4, 0.5) is 0 Å². The molecule has 14 heavy (non-hydrogen) atoms. The van der Waals surface area contributed by atoms with Gasteiger partial charge >= 0.3 is 0 Å². The van der Waals surface area contributed by atoms with E-state index in [2.05, 4.69) is 12.2 Å². The van der Waals surface area contributed by atoms with Crippen molar-refractivity contribution in [2.45, 2.75) is 26.2 Å². The molecular formula is C11H23NO2. The summed E-state index contributed by atoms with van der Waals surface area (Å²) in [7, 11) is 1.77. The molecule has 0 radical (unpaired) electrons. The van der Waals surface area contributed by atoms with E-state index in [4.69, 9.17) is 9.47 Å². The van der Waals surface area contributed by atoms with E-state index >= 15 is 0 Å². The summed E-state index contributed by atoms with van der Waals surface area (Å²) < 4.78 is 10.8. The van der Waals surface area contributed by atoms with Gasteiger partial charge in [0.05, 0.1) is 6.61 Å². The number of nitrogens with one attached hydrogen (secondary N) is 1. The standard InChI is InChI=1S/C11H23NO2/c1-3-12-9-11(6-8-13-2)5-4-7-14-10-11/h12H,3-10H2,1-2H3. The van der Waals surface area contributed by atoms with Crippen molar-refractivity contribution in [1.82, 2.24) is 5.32 Å². The predicted octanol–water partition coefficient (Wildman–Crippen LogP) is 1.43. The Morgan fingerprint density at radius 1 is 1.50 bits per heavy atom. The lowest BCUT2D eigenvalue weighted by atomic mass is 9.79. The summed E-state index contributed by atoms with van der Waals surface area (Å²) in [5, 5.41) is 3.43. The van der Waals surface area contributed by atoms with Crippen LogP contribution in [0.2, 0.25) is 0 Å². The van der Waals surface area contributed by atoms with Crippen molar-refractivity contribution in [1.29, 1.82) is 0 Å². The van der Waals surface area contributed by atoms with Gasteiger partial charge in [-0.2, -0.15) is 0 Å². The minimum atomic E-state index is 0.324. The van der Waals surface area contributed by atoms with Gasteiger partial charge in [-0.05, 0) is 25.8 Å². The number of ether oxygens (including phenoxy) is 2. The highest BCUT2D eigenvalue weighted by molar-refractivity contribution is 4.83. The van der Waals surface area contributed by atoms with Crippen LogP contribution in [0.15, 0.2) is 0 Å². The minimum absolute atomic E-state index is 0.324. The average molecular weight is 201 g/mol. The highest BCUT2D eigenvalue weighted by atomic mass is 16.5. The molecule has 1 aliphatic heterocycles. The molecule has 0 saturated carbocycles. The molecule has 1 unspecified atom stereocenters. The van der Waals surface area contributed by atoms with E-state index in [1.54, 1.807) is 7.11 Å². The van der Waals surface area contributed by atoms with Crippen molar-refractivity contribution in [2.75, 3.05) is 40.0 Å². The lowest BCUT2D eigenvalue weighted by molar-refractivity contribution is -0.0228. The molecule has 1 N–H and O–H groups in total. The SMILES string of the molecule is CCNCC1(CCOC)CCCOC1. The van der Waals surface area contributed by atoms with E-state index in [0.717, 1.165) is 39.3 Å². The summed E-state index contributed by atoms with van der Waals surface area (Å²) in [5.74, 6) is 0. The lowest BCUT2D eigenvalue weighted by Gasteiger charge is -2.37. The third-order valence-electron chi connectivity index (χ3n) is 2.99. The Hall–Kier alpha value is -0.120. The van der Waals surface area contributed by atoms with Crippen molar-refractivity contribution >= 4 is 0 Å². The third-order valence-corrected chi connectivity index (χ3v) is 2.99. The summed E-state index contributed by atoms with van der Waals surface area (Å²) >= 11 is 0. The van der Waals surface area contributed by atoms with Gasteiger partial charge in [0.25, 0.3) is 0 Å². The largest absolute Gasteiger partial charge is 0.385 e. The highest BCUT2D eigenvalue weighted by Gasteiger charge is 2.31. The van der Waals surface area contributed by atoms with Gasteiger partial charge in [-0.3, -0.25) is 0 Å². The van der Waals surface area contributed by atoms with Gasteiger partial charge in [0.15, 0.2) is 0 Å². The lowest BCUT2D eigenvalue weighted by Crippen LogP contribution is -2.41. The Morgan fingerprint density at radius 2 is 2.36 bits per heavy atom. The summed E-state index contributed by atoms with van der Waals surface area (Å²) in [5.41, 5.74) is 0.324. The number of methoxy groups -OCH3 is 1. The van der Waals surface area contributed by atoms with E-state index in [0.29, 0.717) is 5.41 Å². The molecule has 0 spiro atoms. The zero-order valence-corrected chi connectivity index (χ0v) is 9.47. The normalized spacial score (nSPS) is 27.9. The Kier molecular flexibility index (Phi) is 5.45. The maximum atomic E-state index is 5.58. The van der Waals surface area contributed by atoms with Crippen molar-refractivity contribution in [3.63, 3.8) is 0 Å². The third kappa shape index (κ3) is 3.56. The van der Waals surface area contributed by atoms with Crippen LogP contribution in [0.1, 0.15) is 26.2 Å². The molecular weight excluding hydrogens is 178 g/mol. The summed E-state index contributed by atoms with van der Waals surface area (Å²) in [6.07, 6.45) is 3.56. The molecule has 0 aromatic heterocycles. The predicted molar refractivity (Wildman–Crippen MR) is 57.5 cm³/mol. The molecule has 0 aromatic carbocycles. The Balaban J connectivity index is 2.39. The Morgan fingerprint density at radius 3 is 2.93 bits per heavy atom. The quantitative estimate of drug-likeness (QED) is 0.705. The van der Waals surface area contributed by atoms with Gasteiger partial charge in [-0.25, -0.2) is 0 Å². The molecule has 0 aromatic rings. The van der Waals surface area contributed by atoms with Crippen LogP contribution in [0.3, 0.4) is 0 Å². The van der Waals surface area contributed by atoms with Crippen LogP contribution in [0.25, 0.3) is 0 Å². The topological polar surface area (TPSA) is 30.5 Å². The van der Waals surface area contributed by atoms with E-state index in [-0.39, 0.29) is 0 Å². The summed E-state index contributed by atoms with van der Waals surface area (Å²) in [6, 6.07) is 0. The first kappa shape index (κ1) is 12.0. The van der Waals surface area contributed by atoms with Crippen LogP contribution < -0.4 is 5.32 Å². The van der Waals surface area contributed by atoms with Crippen LogP contribution in [-0.2, 0) is 9.47 Å². The molecule has 3 nitrogen and oxygen atoms in total. The zero-order valence-electron chi connectivity index (χ0n) is 9.47. The van der Waals surface area contributed by atoms with Gasteiger partial charge in [0.2, 0.25) is 0 Å². The number of hydrogen-bond donors (Lipinski definition) is 1. The first-order valence-corrected chi connectivity index (χ1v) is 5.60. The molecule has 1 rings (SSSR count). The van der Waals surface area contributed by atoms with Gasteiger partial charge < -0.3 is 14.8 Å². The number of hydrogen-bond acceptors (Lipinski definition) is 3. The summed E-state index contributed by atoms with van der Waals surface area (Å²) in [4.78, 5) is 0. The summed E-state index contributed by atoms with van der Waals surface area (Å²) in [6.45, 7) is 6.91. The maximum absolute atomic E-state index is 5.58. The maximum Gasteiger partial charge on any atom is 0.0535 e. The van der Waals surface area contributed by atoms with Crippen LogP contribution in [0, 0.1) is 5.41 Å². The van der Waals surface area contributed by atoms with Crippen LogP contribution in [-0.4, -0.2) is 40.0 Å². The first-order valence-electron chi connectivity index (χ1n) is 5.60. The zero-order chi connectivity index (χ0) is 10.3. The van der Waals surface area contributed by atoms with Crippen molar-refractivity contribution < 1.29 is 9.47 Å².